The van der Waals surface area contributed by atoms with Crippen LogP contribution in [0, 0.1) is 5.92 Å². The normalized spacial score (nSPS) is 23.0. The minimum Gasteiger partial charge on any atom is -0.462 e. The Kier molecular flexibility index (Phi) is 3.54. The summed E-state index contributed by atoms with van der Waals surface area (Å²) in [5, 5.41) is 0.697. The number of benzene rings is 1. The molecular formula is C17H20ClNO3. The summed E-state index contributed by atoms with van der Waals surface area (Å²) in [6, 6.07) is 5.64. The average molecular weight is 322 g/mol. The lowest BCUT2D eigenvalue weighted by Gasteiger charge is -2.44. The van der Waals surface area contributed by atoms with E-state index in [2.05, 4.69) is 0 Å². The van der Waals surface area contributed by atoms with Crippen molar-refractivity contribution in [2.75, 3.05) is 13.1 Å². The van der Waals surface area contributed by atoms with Gasteiger partial charge in [0.05, 0.1) is 6.61 Å². The molecular weight excluding hydrogens is 302 g/mol. The molecule has 2 heterocycles. The number of amides is 1. The second kappa shape index (κ2) is 5.43. The highest BCUT2D eigenvalue weighted by Crippen LogP contribution is 2.39. The SMILES string of the molecule is O=C(CC1CC1)N1CCC2(CC1)OCc1cc(Cl)ccc1O2. The number of likely N-dealkylation sites (tertiary alicyclic amines) is 1. The summed E-state index contributed by atoms with van der Waals surface area (Å²) in [6.07, 6.45) is 4.61. The Morgan fingerprint density at radius 3 is 2.82 bits per heavy atom. The van der Waals surface area contributed by atoms with E-state index in [4.69, 9.17) is 21.1 Å². The van der Waals surface area contributed by atoms with Crippen molar-refractivity contribution in [2.24, 2.45) is 5.92 Å². The molecule has 1 saturated carbocycles. The lowest BCUT2D eigenvalue weighted by molar-refractivity contribution is -0.227. The standard InChI is InChI=1S/C17H20ClNO3/c18-14-3-4-15-13(10-14)11-21-17(22-15)5-7-19(8-6-17)16(20)9-12-1-2-12/h3-4,10,12H,1-2,5-9,11H2. The van der Waals surface area contributed by atoms with Gasteiger partial charge in [-0.25, -0.2) is 0 Å². The Bertz CT molecular complexity index is 592. The van der Waals surface area contributed by atoms with Gasteiger partial charge in [0.2, 0.25) is 11.7 Å². The third kappa shape index (κ3) is 2.82. The van der Waals surface area contributed by atoms with Gasteiger partial charge in [0.25, 0.3) is 0 Å². The van der Waals surface area contributed by atoms with Gasteiger partial charge >= 0.3 is 0 Å². The molecule has 22 heavy (non-hydrogen) atoms. The Morgan fingerprint density at radius 1 is 1.32 bits per heavy atom. The molecule has 4 nitrogen and oxygen atoms in total. The fourth-order valence-corrected chi connectivity index (χ4v) is 3.44. The van der Waals surface area contributed by atoms with E-state index in [0.29, 0.717) is 36.5 Å². The molecule has 0 aromatic heterocycles. The first-order chi connectivity index (χ1) is 10.6. The number of carbonyl (C=O) groups is 1. The quantitative estimate of drug-likeness (QED) is 0.838. The molecule has 2 fully saturated rings. The van der Waals surface area contributed by atoms with Crippen molar-refractivity contribution in [1.82, 2.24) is 4.90 Å². The monoisotopic (exact) mass is 321 g/mol. The van der Waals surface area contributed by atoms with Crippen molar-refractivity contribution >= 4 is 17.5 Å². The summed E-state index contributed by atoms with van der Waals surface area (Å²) in [7, 11) is 0. The largest absolute Gasteiger partial charge is 0.462 e. The highest BCUT2D eigenvalue weighted by molar-refractivity contribution is 6.30. The minimum atomic E-state index is -0.572. The molecule has 0 atom stereocenters. The number of piperidine rings is 1. The molecule has 1 aromatic carbocycles. The summed E-state index contributed by atoms with van der Waals surface area (Å²) in [5.74, 6) is 1.22. The number of carbonyl (C=O) groups excluding carboxylic acids is 1. The average Bonchev–Trinajstić information content (AvgIpc) is 3.32. The van der Waals surface area contributed by atoms with E-state index in [9.17, 15) is 4.79 Å². The van der Waals surface area contributed by atoms with Crippen molar-refractivity contribution in [1.29, 1.82) is 0 Å². The number of fused-ring (bicyclic) bond motifs is 1. The lowest BCUT2D eigenvalue weighted by Crippen LogP contribution is -2.52. The molecule has 5 heteroatoms. The van der Waals surface area contributed by atoms with Crippen LogP contribution in [0.1, 0.15) is 37.7 Å². The number of nitrogens with zero attached hydrogens (tertiary/aromatic N) is 1. The first-order valence-corrected chi connectivity index (χ1v) is 8.41. The third-order valence-corrected chi connectivity index (χ3v) is 5.08. The summed E-state index contributed by atoms with van der Waals surface area (Å²) in [6.45, 7) is 1.95. The van der Waals surface area contributed by atoms with Crippen LogP contribution in [0.5, 0.6) is 5.75 Å². The van der Waals surface area contributed by atoms with Gasteiger partial charge in [0.1, 0.15) is 5.75 Å². The van der Waals surface area contributed by atoms with Crippen molar-refractivity contribution in [2.45, 2.75) is 44.5 Å². The molecule has 1 saturated heterocycles. The molecule has 2 aliphatic heterocycles. The van der Waals surface area contributed by atoms with Crippen molar-refractivity contribution in [3.05, 3.63) is 28.8 Å². The molecule has 0 unspecified atom stereocenters. The van der Waals surface area contributed by atoms with Gasteiger partial charge in [0.15, 0.2) is 0 Å². The zero-order valence-corrected chi connectivity index (χ0v) is 13.3. The molecule has 1 spiro atoms. The maximum atomic E-state index is 12.2. The van der Waals surface area contributed by atoms with Gasteiger partial charge in [-0.15, -0.1) is 0 Å². The van der Waals surface area contributed by atoms with E-state index < -0.39 is 5.79 Å². The Hall–Kier alpha value is -1.26. The van der Waals surface area contributed by atoms with Gasteiger partial charge in [-0.2, -0.15) is 0 Å². The number of rotatable bonds is 2. The van der Waals surface area contributed by atoms with Crippen molar-refractivity contribution in [3.63, 3.8) is 0 Å². The van der Waals surface area contributed by atoms with E-state index >= 15 is 0 Å². The Labute approximate surface area is 135 Å². The highest BCUT2D eigenvalue weighted by atomic mass is 35.5. The number of hydrogen-bond acceptors (Lipinski definition) is 3. The van der Waals surface area contributed by atoms with E-state index in [-0.39, 0.29) is 0 Å². The number of ether oxygens (including phenoxy) is 2. The van der Waals surface area contributed by atoms with Crippen LogP contribution < -0.4 is 4.74 Å². The predicted molar refractivity (Wildman–Crippen MR) is 82.8 cm³/mol. The second-order valence-corrected chi connectivity index (χ2v) is 7.02. The topological polar surface area (TPSA) is 38.8 Å². The van der Waals surface area contributed by atoms with Crippen LogP contribution in [-0.4, -0.2) is 29.7 Å². The van der Waals surface area contributed by atoms with E-state index in [1.165, 1.54) is 12.8 Å². The van der Waals surface area contributed by atoms with Crippen LogP contribution in [0.15, 0.2) is 18.2 Å². The predicted octanol–water partition coefficient (Wildman–Crippen LogP) is 3.37. The van der Waals surface area contributed by atoms with Gasteiger partial charge in [-0.3, -0.25) is 4.79 Å². The summed E-state index contributed by atoms with van der Waals surface area (Å²) in [5.41, 5.74) is 0.991. The smallest absolute Gasteiger partial charge is 0.222 e. The van der Waals surface area contributed by atoms with Gasteiger partial charge in [-0.1, -0.05) is 11.6 Å². The van der Waals surface area contributed by atoms with Gasteiger partial charge in [0, 0.05) is 42.9 Å². The Morgan fingerprint density at radius 2 is 2.09 bits per heavy atom. The van der Waals surface area contributed by atoms with Crippen LogP contribution in [0.3, 0.4) is 0 Å². The van der Waals surface area contributed by atoms with Crippen molar-refractivity contribution < 1.29 is 14.3 Å². The number of halogens is 1. The molecule has 1 aromatic rings. The molecule has 118 valence electrons. The van der Waals surface area contributed by atoms with Crippen molar-refractivity contribution in [3.8, 4) is 5.75 Å². The first kappa shape index (κ1) is 14.3. The fourth-order valence-electron chi connectivity index (χ4n) is 3.24. The van der Waals surface area contributed by atoms with Gasteiger partial charge in [-0.05, 0) is 37.0 Å². The lowest BCUT2D eigenvalue weighted by atomic mass is 10.0. The van der Waals surface area contributed by atoms with Crippen LogP contribution in [0.2, 0.25) is 5.02 Å². The maximum absolute atomic E-state index is 12.2. The van der Waals surface area contributed by atoms with Crippen LogP contribution >= 0.6 is 11.6 Å². The summed E-state index contributed by atoms with van der Waals surface area (Å²) in [4.78, 5) is 14.2. The second-order valence-electron chi connectivity index (χ2n) is 6.58. The molecule has 0 N–H and O–H groups in total. The van der Waals surface area contributed by atoms with Gasteiger partial charge < -0.3 is 14.4 Å². The molecule has 1 amide bonds. The van der Waals surface area contributed by atoms with E-state index in [1.54, 1.807) is 0 Å². The van der Waals surface area contributed by atoms with Crippen LogP contribution in [0.4, 0.5) is 0 Å². The van der Waals surface area contributed by atoms with E-state index in [1.807, 2.05) is 23.1 Å². The number of hydrogen-bond donors (Lipinski definition) is 0. The summed E-state index contributed by atoms with van der Waals surface area (Å²) < 4.78 is 12.1. The van der Waals surface area contributed by atoms with E-state index in [0.717, 1.165) is 30.6 Å². The molecule has 1 aliphatic carbocycles. The Balaban J connectivity index is 1.40. The highest BCUT2D eigenvalue weighted by Gasteiger charge is 2.42. The minimum absolute atomic E-state index is 0.292. The van der Waals surface area contributed by atoms with Crippen LogP contribution in [0.25, 0.3) is 0 Å². The zero-order valence-electron chi connectivity index (χ0n) is 12.5. The molecule has 4 rings (SSSR count). The summed E-state index contributed by atoms with van der Waals surface area (Å²) >= 11 is 6.00. The van der Waals surface area contributed by atoms with Crippen LogP contribution in [-0.2, 0) is 16.1 Å². The maximum Gasteiger partial charge on any atom is 0.222 e. The molecule has 0 bridgehead atoms. The third-order valence-electron chi connectivity index (χ3n) is 4.85. The zero-order chi connectivity index (χ0) is 15.2. The molecule has 0 radical (unpaired) electrons. The first-order valence-electron chi connectivity index (χ1n) is 8.03. The molecule has 3 aliphatic rings. The fraction of sp³-hybridized carbons (Fsp3) is 0.588.